The van der Waals surface area contributed by atoms with Gasteiger partial charge in [0.2, 0.25) is 0 Å². The molecule has 88 valence electrons. The summed E-state index contributed by atoms with van der Waals surface area (Å²) in [5.74, 6) is -0.874. The Morgan fingerprint density at radius 1 is 1.50 bits per heavy atom. The van der Waals surface area contributed by atoms with Crippen LogP contribution in [0.15, 0.2) is 18.3 Å². The lowest BCUT2D eigenvalue weighted by Gasteiger charge is -2.07. The maximum Gasteiger partial charge on any atom is 0.414 e. The van der Waals surface area contributed by atoms with E-state index in [1.165, 1.54) is 18.3 Å². The molecule has 0 radical (unpaired) electrons. The number of hydrogen-bond donors (Lipinski definition) is 1. The second-order valence-electron chi connectivity index (χ2n) is 2.70. The Kier molecular flexibility index (Phi) is 4.08. The summed E-state index contributed by atoms with van der Waals surface area (Å²) in [7, 11) is 0. The van der Waals surface area contributed by atoms with Crippen molar-refractivity contribution in [2.45, 2.75) is 6.18 Å². The van der Waals surface area contributed by atoms with Gasteiger partial charge in [0.25, 0.3) is 5.91 Å². The summed E-state index contributed by atoms with van der Waals surface area (Å²) in [6.07, 6.45) is -3.30. The van der Waals surface area contributed by atoms with Crippen molar-refractivity contribution in [1.29, 1.82) is 0 Å². The zero-order valence-corrected chi connectivity index (χ0v) is 8.47. The van der Waals surface area contributed by atoms with Crippen molar-refractivity contribution in [2.75, 3.05) is 6.61 Å². The van der Waals surface area contributed by atoms with Crippen LogP contribution < -0.4 is 5.48 Å². The highest BCUT2D eigenvalue weighted by Crippen LogP contribution is 2.13. The lowest BCUT2D eigenvalue weighted by Crippen LogP contribution is -2.30. The van der Waals surface area contributed by atoms with Gasteiger partial charge < -0.3 is 0 Å². The highest BCUT2D eigenvalue weighted by molar-refractivity contribution is 6.30. The minimum absolute atomic E-state index is 0.0911. The molecule has 0 aliphatic heterocycles. The largest absolute Gasteiger partial charge is 0.414 e. The SMILES string of the molecule is O=C(NOCC(F)(F)F)c1ccc(Cl)cn1. The molecule has 1 aromatic heterocycles. The summed E-state index contributed by atoms with van der Waals surface area (Å²) >= 11 is 5.51. The predicted molar refractivity (Wildman–Crippen MR) is 48.7 cm³/mol. The first kappa shape index (κ1) is 12.7. The molecule has 1 rings (SSSR count). The number of nitrogens with zero attached hydrogens (tertiary/aromatic N) is 1. The summed E-state index contributed by atoms with van der Waals surface area (Å²) in [6, 6.07) is 2.64. The van der Waals surface area contributed by atoms with Crippen molar-refractivity contribution in [3.8, 4) is 0 Å². The maximum absolute atomic E-state index is 11.7. The molecule has 0 bridgehead atoms. The van der Waals surface area contributed by atoms with E-state index >= 15 is 0 Å². The van der Waals surface area contributed by atoms with Gasteiger partial charge in [0.1, 0.15) is 5.69 Å². The van der Waals surface area contributed by atoms with Crippen LogP contribution in [0.25, 0.3) is 0 Å². The van der Waals surface area contributed by atoms with E-state index in [2.05, 4.69) is 9.82 Å². The molecule has 4 nitrogen and oxygen atoms in total. The molecule has 1 N–H and O–H groups in total. The lowest BCUT2D eigenvalue weighted by molar-refractivity contribution is -0.184. The molecule has 0 aliphatic rings. The molecule has 0 saturated heterocycles. The number of amides is 1. The molecule has 0 unspecified atom stereocenters. The Hall–Kier alpha value is -1.34. The van der Waals surface area contributed by atoms with Gasteiger partial charge in [-0.25, -0.2) is 10.5 Å². The first-order chi connectivity index (χ1) is 7.38. The number of hydroxylamine groups is 1. The van der Waals surface area contributed by atoms with Crippen LogP contribution in [-0.4, -0.2) is 23.7 Å². The Balaban J connectivity index is 2.44. The fourth-order valence-corrected chi connectivity index (χ4v) is 0.858. The van der Waals surface area contributed by atoms with E-state index in [-0.39, 0.29) is 5.69 Å². The van der Waals surface area contributed by atoms with Gasteiger partial charge in [-0.1, -0.05) is 11.6 Å². The van der Waals surface area contributed by atoms with Gasteiger partial charge in [-0.05, 0) is 12.1 Å². The number of nitrogens with one attached hydrogen (secondary N) is 1. The lowest BCUT2D eigenvalue weighted by atomic mass is 10.3. The van der Waals surface area contributed by atoms with Crippen LogP contribution >= 0.6 is 11.6 Å². The van der Waals surface area contributed by atoms with Crippen molar-refractivity contribution in [3.63, 3.8) is 0 Å². The van der Waals surface area contributed by atoms with Gasteiger partial charge in [0.15, 0.2) is 6.61 Å². The van der Waals surface area contributed by atoms with E-state index in [1.807, 2.05) is 0 Å². The smallest absolute Gasteiger partial charge is 0.265 e. The molecule has 1 aromatic rings. The fourth-order valence-electron chi connectivity index (χ4n) is 0.746. The van der Waals surface area contributed by atoms with E-state index in [1.54, 1.807) is 5.48 Å². The number of carbonyl (C=O) groups is 1. The number of carbonyl (C=O) groups excluding carboxylic acids is 1. The molecule has 0 atom stereocenters. The van der Waals surface area contributed by atoms with Gasteiger partial charge in [0.05, 0.1) is 5.02 Å². The molecule has 0 saturated carbocycles. The van der Waals surface area contributed by atoms with E-state index < -0.39 is 18.7 Å². The van der Waals surface area contributed by atoms with Crippen LogP contribution in [0.5, 0.6) is 0 Å². The van der Waals surface area contributed by atoms with Gasteiger partial charge in [-0.2, -0.15) is 13.2 Å². The standard InChI is InChI=1S/C8H6ClF3N2O2/c9-5-1-2-6(13-3-5)7(15)14-16-4-8(10,11)12/h1-3H,4H2,(H,14,15). The second kappa shape index (κ2) is 5.13. The van der Waals surface area contributed by atoms with Crippen LogP contribution in [0, 0.1) is 0 Å². The van der Waals surface area contributed by atoms with Gasteiger partial charge in [-0.15, -0.1) is 0 Å². The van der Waals surface area contributed by atoms with Crippen molar-refractivity contribution in [2.24, 2.45) is 0 Å². The Bertz CT molecular complexity index is 367. The first-order valence-corrected chi connectivity index (χ1v) is 4.37. The van der Waals surface area contributed by atoms with Gasteiger partial charge in [0, 0.05) is 6.20 Å². The van der Waals surface area contributed by atoms with Crippen molar-refractivity contribution < 1.29 is 22.8 Å². The number of rotatable bonds is 3. The summed E-state index contributed by atoms with van der Waals surface area (Å²) in [5.41, 5.74) is 1.52. The molecule has 0 fully saturated rings. The van der Waals surface area contributed by atoms with E-state index in [4.69, 9.17) is 11.6 Å². The summed E-state index contributed by atoms with van der Waals surface area (Å²) in [5, 5.41) is 0.313. The van der Waals surface area contributed by atoms with Crippen molar-refractivity contribution in [1.82, 2.24) is 10.5 Å². The van der Waals surface area contributed by atoms with E-state index in [0.717, 1.165) is 0 Å². The van der Waals surface area contributed by atoms with Crippen LogP contribution in [-0.2, 0) is 4.84 Å². The Labute approximate surface area is 93.3 Å². The highest BCUT2D eigenvalue weighted by atomic mass is 35.5. The van der Waals surface area contributed by atoms with Crippen LogP contribution in [0.4, 0.5) is 13.2 Å². The predicted octanol–water partition coefficient (Wildman–Crippen LogP) is 1.96. The molecule has 0 spiro atoms. The maximum atomic E-state index is 11.7. The number of halogens is 4. The normalized spacial score (nSPS) is 11.2. The third kappa shape index (κ3) is 4.45. The topological polar surface area (TPSA) is 51.2 Å². The van der Waals surface area contributed by atoms with Crippen LogP contribution in [0.2, 0.25) is 5.02 Å². The third-order valence-electron chi connectivity index (χ3n) is 1.36. The highest BCUT2D eigenvalue weighted by Gasteiger charge is 2.28. The quantitative estimate of drug-likeness (QED) is 0.839. The zero-order valence-electron chi connectivity index (χ0n) is 7.71. The molecular formula is C8H6ClF3N2O2. The molecular weight excluding hydrogens is 249 g/mol. The minimum Gasteiger partial charge on any atom is -0.265 e. The fraction of sp³-hybridized carbons (Fsp3) is 0.250. The van der Waals surface area contributed by atoms with Crippen molar-refractivity contribution in [3.05, 3.63) is 29.0 Å². The average molecular weight is 255 g/mol. The minimum atomic E-state index is -4.50. The second-order valence-corrected chi connectivity index (χ2v) is 3.13. The first-order valence-electron chi connectivity index (χ1n) is 3.99. The number of hydrogen-bond acceptors (Lipinski definition) is 3. The van der Waals surface area contributed by atoms with Crippen LogP contribution in [0.1, 0.15) is 10.5 Å². The number of alkyl halides is 3. The molecule has 16 heavy (non-hydrogen) atoms. The Morgan fingerprint density at radius 3 is 2.69 bits per heavy atom. The molecule has 0 aliphatic carbocycles. The molecule has 0 aromatic carbocycles. The average Bonchev–Trinajstić information content (AvgIpc) is 2.16. The number of pyridine rings is 1. The summed E-state index contributed by atoms with van der Waals surface area (Å²) in [4.78, 5) is 18.7. The summed E-state index contributed by atoms with van der Waals surface area (Å²) < 4.78 is 35.0. The third-order valence-corrected chi connectivity index (χ3v) is 1.58. The molecule has 8 heteroatoms. The number of aromatic nitrogens is 1. The summed E-state index contributed by atoms with van der Waals surface area (Å²) in [6.45, 7) is -1.56. The van der Waals surface area contributed by atoms with Crippen LogP contribution in [0.3, 0.4) is 0 Å². The molecule has 1 heterocycles. The monoisotopic (exact) mass is 254 g/mol. The zero-order chi connectivity index (χ0) is 12.2. The van der Waals surface area contributed by atoms with Gasteiger partial charge >= 0.3 is 6.18 Å². The van der Waals surface area contributed by atoms with Gasteiger partial charge in [-0.3, -0.25) is 9.63 Å². The molecule has 1 amide bonds. The Morgan fingerprint density at radius 2 is 2.19 bits per heavy atom. The van der Waals surface area contributed by atoms with E-state index in [9.17, 15) is 18.0 Å². The van der Waals surface area contributed by atoms with E-state index in [0.29, 0.717) is 5.02 Å². The van der Waals surface area contributed by atoms with Crippen molar-refractivity contribution >= 4 is 17.5 Å².